The second-order valence-corrected chi connectivity index (χ2v) is 4.65. The molecule has 1 aliphatic heterocycles. The van der Waals surface area contributed by atoms with Crippen LogP contribution in [0.15, 0.2) is 0 Å². The molecule has 1 N–H and O–H groups in total. The average molecular weight is 241 g/mol. The summed E-state index contributed by atoms with van der Waals surface area (Å²) in [6, 6.07) is 0.0756. The zero-order valence-electron chi connectivity index (χ0n) is 11.5. The number of nitrogens with zero attached hydrogens (tertiary/aromatic N) is 2. The molecule has 0 aromatic rings. The Labute approximate surface area is 105 Å². The van der Waals surface area contributed by atoms with Gasteiger partial charge in [-0.25, -0.2) is 0 Å². The third kappa shape index (κ3) is 4.28. The molecule has 4 nitrogen and oxygen atoms in total. The minimum Gasteiger partial charge on any atom is -0.340 e. The molecule has 1 amide bonds. The maximum atomic E-state index is 12.0. The van der Waals surface area contributed by atoms with E-state index in [1.54, 1.807) is 0 Å². The monoisotopic (exact) mass is 241 g/mol. The van der Waals surface area contributed by atoms with Gasteiger partial charge in [-0.3, -0.25) is 4.79 Å². The van der Waals surface area contributed by atoms with Gasteiger partial charge in [0.2, 0.25) is 5.91 Å². The van der Waals surface area contributed by atoms with E-state index in [0.29, 0.717) is 5.91 Å². The first-order valence-corrected chi connectivity index (χ1v) is 6.97. The number of rotatable bonds is 8. The van der Waals surface area contributed by atoms with Crippen molar-refractivity contribution < 1.29 is 4.79 Å². The Hall–Kier alpha value is -0.610. The molecular formula is C13H27N3O. The van der Waals surface area contributed by atoms with Gasteiger partial charge in [0.05, 0.1) is 6.04 Å². The van der Waals surface area contributed by atoms with E-state index in [4.69, 9.17) is 0 Å². The quantitative estimate of drug-likeness (QED) is 0.686. The molecule has 1 saturated heterocycles. The molecular weight excluding hydrogens is 214 g/mol. The Kier molecular flexibility index (Phi) is 6.52. The molecule has 1 heterocycles. The average Bonchev–Trinajstić information content (AvgIpc) is 2.69. The van der Waals surface area contributed by atoms with Crippen molar-refractivity contribution in [2.24, 2.45) is 0 Å². The highest BCUT2D eigenvalue weighted by Gasteiger charge is 2.30. The highest BCUT2D eigenvalue weighted by atomic mass is 16.2. The standard InChI is InChI=1S/C13H27N3O/c1-4-8-14-12-7-9-16(13(12)17)11-10-15(5-2)6-3/h12,14H,4-11H2,1-3H3. The number of carbonyl (C=O) groups is 1. The van der Waals surface area contributed by atoms with Crippen molar-refractivity contribution >= 4 is 5.91 Å². The Bertz CT molecular complexity index is 229. The first-order valence-electron chi connectivity index (χ1n) is 6.97. The minimum absolute atomic E-state index is 0.0756. The SMILES string of the molecule is CCCNC1CCN(CCN(CC)CC)C1=O. The number of carbonyl (C=O) groups excluding carboxylic acids is 1. The van der Waals surface area contributed by atoms with E-state index in [1.807, 2.05) is 4.90 Å². The van der Waals surface area contributed by atoms with Crippen molar-refractivity contribution in [3.05, 3.63) is 0 Å². The summed E-state index contributed by atoms with van der Waals surface area (Å²) >= 11 is 0. The largest absolute Gasteiger partial charge is 0.340 e. The van der Waals surface area contributed by atoms with Crippen molar-refractivity contribution in [3.63, 3.8) is 0 Å². The van der Waals surface area contributed by atoms with Crippen LogP contribution in [0.4, 0.5) is 0 Å². The number of likely N-dealkylation sites (N-methyl/N-ethyl adjacent to an activating group) is 1. The zero-order valence-corrected chi connectivity index (χ0v) is 11.5. The fourth-order valence-electron chi connectivity index (χ4n) is 2.27. The van der Waals surface area contributed by atoms with E-state index in [9.17, 15) is 4.79 Å². The van der Waals surface area contributed by atoms with E-state index in [1.165, 1.54) is 0 Å². The van der Waals surface area contributed by atoms with Crippen molar-refractivity contribution in [2.45, 2.75) is 39.7 Å². The maximum absolute atomic E-state index is 12.0. The molecule has 100 valence electrons. The van der Waals surface area contributed by atoms with Crippen LogP contribution in [-0.4, -0.2) is 61.0 Å². The summed E-state index contributed by atoms with van der Waals surface area (Å²) in [5.74, 6) is 0.297. The molecule has 1 atom stereocenters. The number of amides is 1. The fraction of sp³-hybridized carbons (Fsp3) is 0.923. The van der Waals surface area contributed by atoms with Crippen molar-refractivity contribution in [3.8, 4) is 0 Å². The van der Waals surface area contributed by atoms with Gasteiger partial charge in [-0.2, -0.15) is 0 Å². The summed E-state index contributed by atoms with van der Waals surface area (Å²) in [6.45, 7) is 12.3. The van der Waals surface area contributed by atoms with Crippen LogP contribution in [0.5, 0.6) is 0 Å². The van der Waals surface area contributed by atoms with Gasteiger partial charge < -0.3 is 15.1 Å². The van der Waals surface area contributed by atoms with Crippen LogP contribution in [0, 0.1) is 0 Å². The van der Waals surface area contributed by atoms with Crippen LogP contribution in [0.3, 0.4) is 0 Å². The molecule has 0 aromatic heterocycles. The number of hydrogen-bond donors (Lipinski definition) is 1. The summed E-state index contributed by atoms with van der Waals surface area (Å²) in [5, 5.41) is 3.32. The lowest BCUT2D eigenvalue weighted by Gasteiger charge is -2.23. The van der Waals surface area contributed by atoms with Crippen LogP contribution in [0.1, 0.15) is 33.6 Å². The lowest BCUT2D eigenvalue weighted by molar-refractivity contribution is -0.129. The minimum atomic E-state index is 0.0756. The predicted octanol–water partition coefficient (Wildman–Crippen LogP) is 0.929. The van der Waals surface area contributed by atoms with Crippen LogP contribution in [0.25, 0.3) is 0 Å². The molecule has 0 aliphatic carbocycles. The molecule has 1 fully saturated rings. The second kappa shape index (κ2) is 7.67. The highest BCUT2D eigenvalue weighted by Crippen LogP contribution is 2.10. The molecule has 1 unspecified atom stereocenters. The van der Waals surface area contributed by atoms with Crippen molar-refractivity contribution in [1.82, 2.24) is 15.1 Å². The van der Waals surface area contributed by atoms with Gasteiger partial charge in [0.25, 0.3) is 0 Å². The molecule has 1 rings (SSSR count). The molecule has 0 radical (unpaired) electrons. The fourth-order valence-corrected chi connectivity index (χ4v) is 2.27. The van der Waals surface area contributed by atoms with Crippen LogP contribution in [-0.2, 0) is 4.79 Å². The Morgan fingerprint density at radius 1 is 1.35 bits per heavy atom. The summed E-state index contributed by atoms with van der Waals surface area (Å²) in [4.78, 5) is 16.4. The van der Waals surface area contributed by atoms with Gasteiger partial charge in [0, 0.05) is 19.6 Å². The third-order valence-electron chi connectivity index (χ3n) is 3.52. The van der Waals surface area contributed by atoms with Gasteiger partial charge in [0.15, 0.2) is 0 Å². The third-order valence-corrected chi connectivity index (χ3v) is 3.52. The Morgan fingerprint density at radius 2 is 2.06 bits per heavy atom. The highest BCUT2D eigenvalue weighted by molar-refractivity contribution is 5.83. The zero-order chi connectivity index (χ0) is 12.7. The molecule has 0 spiro atoms. The van der Waals surface area contributed by atoms with Gasteiger partial charge in [0.1, 0.15) is 0 Å². The van der Waals surface area contributed by atoms with Crippen molar-refractivity contribution in [2.75, 3.05) is 39.3 Å². The van der Waals surface area contributed by atoms with E-state index in [-0.39, 0.29) is 6.04 Å². The topological polar surface area (TPSA) is 35.6 Å². The van der Waals surface area contributed by atoms with Crippen LogP contribution < -0.4 is 5.32 Å². The summed E-state index contributed by atoms with van der Waals surface area (Å²) in [7, 11) is 0. The lowest BCUT2D eigenvalue weighted by Crippen LogP contribution is -2.41. The predicted molar refractivity (Wildman–Crippen MR) is 71.1 cm³/mol. The number of likely N-dealkylation sites (tertiary alicyclic amines) is 1. The molecule has 0 aromatic carbocycles. The molecule has 1 aliphatic rings. The first kappa shape index (κ1) is 14.5. The van der Waals surface area contributed by atoms with Gasteiger partial charge in [-0.1, -0.05) is 20.8 Å². The number of nitrogens with one attached hydrogen (secondary N) is 1. The molecule has 17 heavy (non-hydrogen) atoms. The van der Waals surface area contributed by atoms with Crippen molar-refractivity contribution in [1.29, 1.82) is 0 Å². The lowest BCUT2D eigenvalue weighted by atomic mass is 10.2. The number of hydrogen-bond acceptors (Lipinski definition) is 3. The summed E-state index contributed by atoms with van der Waals surface area (Å²) in [5.41, 5.74) is 0. The van der Waals surface area contributed by atoms with Crippen LogP contribution >= 0.6 is 0 Å². The molecule has 0 bridgehead atoms. The van der Waals surface area contributed by atoms with E-state index in [0.717, 1.165) is 52.1 Å². The van der Waals surface area contributed by atoms with Gasteiger partial charge >= 0.3 is 0 Å². The normalized spacial score (nSPS) is 20.6. The molecule has 0 saturated carbocycles. The van der Waals surface area contributed by atoms with E-state index in [2.05, 4.69) is 31.0 Å². The van der Waals surface area contributed by atoms with Gasteiger partial charge in [-0.15, -0.1) is 0 Å². The maximum Gasteiger partial charge on any atom is 0.239 e. The van der Waals surface area contributed by atoms with Gasteiger partial charge in [-0.05, 0) is 32.5 Å². The van der Waals surface area contributed by atoms with E-state index >= 15 is 0 Å². The summed E-state index contributed by atoms with van der Waals surface area (Å²) in [6.07, 6.45) is 2.06. The second-order valence-electron chi connectivity index (χ2n) is 4.65. The van der Waals surface area contributed by atoms with E-state index < -0.39 is 0 Å². The Balaban J connectivity index is 2.29. The Morgan fingerprint density at radius 3 is 2.65 bits per heavy atom. The summed E-state index contributed by atoms with van der Waals surface area (Å²) < 4.78 is 0. The smallest absolute Gasteiger partial charge is 0.239 e. The first-order chi connectivity index (χ1) is 8.22. The molecule has 4 heteroatoms. The van der Waals surface area contributed by atoms with Crippen LogP contribution in [0.2, 0.25) is 0 Å².